The van der Waals surface area contributed by atoms with Crippen LogP contribution in [0.15, 0.2) is 52.0 Å². The number of carbonyl (C=O) groups excluding carboxylic acids is 1. The summed E-state index contributed by atoms with van der Waals surface area (Å²) in [5.74, 6) is -0.470. The van der Waals surface area contributed by atoms with Crippen molar-refractivity contribution in [2.24, 2.45) is 5.10 Å². The van der Waals surface area contributed by atoms with E-state index in [1.807, 2.05) is 24.3 Å². The molecular formula is C17H16BrN3O4. The first-order chi connectivity index (χ1) is 11.9. The van der Waals surface area contributed by atoms with Gasteiger partial charge in [-0.2, -0.15) is 5.10 Å². The number of nitrogens with one attached hydrogen (secondary N) is 1. The van der Waals surface area contributed by atoms with Crippen molar-refractivity contribution in [3.63, 3.8) is 0 Å². The summed E-state index contributed by atoms with van der Waals surface area (Å²) >= 11 is 3.37. The topological polar surface area (TPSA) is 93.8 Å². The monoisotopic (exact) mass is 405 g/mol. The molecule has 2 aromatic rings. The molecule has 0 unspecified atom stereocenters. The third-order valence-corrected chi connectivity index (χ3v) is 3.75. The summed E-state index contributed by atoms with van der Waals surface area (Å²) in [6.45, 7) is 3.12. The summed E-state index contributed by atoms with van der Waals surface area (Å²) < 4.78 is 6.15. The second kappa shape index (κ2) is 8.39. The third-order valence-electron chi connectivity index (χ3n) is 3.26. The lowest BCUT2D eigenvalue weighted by Crippen LogP contribution is -2.25. The molecular weight excluding hydrogens is 390 g/mol. The number of hydrogen-bond acceptors (Lipinski definition) is 5. The molecule has 0 saturated heterocycles. The Morgan fingerprint density at radius 2 is 2.08 bits per heavy atom. The van der Waals surface area contributed by atoms with Crippen LogP contribution in [0.1, 0.15) is 18.1 Å². The molecule has 0 aliphatic rings. The van der Waals surface area contributed by atoms with Gasteiger partial charge in [-0.1, -0.05) is 34.1 Å². The Morgan fingerprint density at radius 3 is 2.76 bits per heavy atom. The van der Waals surface area contributed by atoms with Gasteiger partial charge in [-0.25, -0.2) is 5.43 Å². The lowest BCUT2D eigenvalue weighted by Gasteiger charge is -2.07. The highest BCUT2D eigenvalue weighted by atomic mass is 79.9. The van der Waals surface area contributed by atoms with E-state index >= 15 is 0 Å². The lowest BCUT2D eigenvalue weighted by atomic mass is 10.1. The van der Waals surface area contributed by atoms with E-state index in [4.69, 9.17) is 4.74 Å². The Bertz CT molecular complexity index is 836. The maximum atomic E-state index is 11.8. The zero-order valence-electron chi connectivity index (χ0n) is 13.7. The maximum absolute atomic E-state index is 11.8. The lowest BCUT2D eigenvalue weighted by molar-refractivity contribution is -0.385. The van der Waals surface area contributed by atoms with Crippen molar-refractivity contribution in [2.75, 3.05) is 6.61 Å². The predicted octanol–water partition coefficient (Wildman–Crippen LogP) is 3.58. The number of aryl methyl sites for hydroxylation is 1. The van der Waals surface area contributed by atoms with E-state index in [1.165, 1.54) is 12.1 Å². The highest BCUT2D eigenvalue weighted by molar-refractivity contribution is 9.10. The van der Waals surface area contributed by atoms with Crippen LogP contribution in [-0.4, -0.2) is 23.1 Å². The van der Waals surface area contributed by atoms with Crippen LogP contribution in [0.3, 0.4) is 0 Å². The summed E-state index contributed by atoms with van der Waals surface area (Å²) in [4.78, 5) is 22.3. The van der Waals surface area contributed by atoms with Crippen LogP contribution in [0.5, 0.6) is 5.75 Å². The number of benzene rings is 2. The molecule has 1 amide bonds. The van der Waals surface area contributed by atoms with Crippen LogP contribution in [0.25, 0.3) is 0 Å². The fourth-order valence-corrected chi connectivity index (χ4v) is 2.39. The summed E-state index contributed by atoms with van der Waals surface area (Å²) in [6, 6.07) is 12.0. The van der Waals surface area contributed by atoms with Crippen LogP contribution >= 0.6 is 15.9 Å². The maximum Gasteiger partial charge on any atom is 0.311 e. The average Bonchev–Trinajstić information content (AvgIpc) is 2.58. The standard InChI is InChI=1S/C17H16BrN3O4/c1-11-6-7-16(15(8-11)21(23)24)25-10-17(22)20-19-12(2)13-4-3-5-14(18)9-13/h3-9H,10H2,1-2H3,(H,20,22)/b19-12+. The van der Waals surface area contributed by atoms with Gasteiger partial charge in [-0.3, -0.25) is 14.9 Å². The summed E-state index contributed by atoms with van der Waals surface area (Å²) in [6.07, 6.45) is 0. The van der Waals surface area contributed by atoms with Gasteiger partial charge in [-0.15, -0.1) is 0 Å². The molecule has 1 N–H and O–H groups in total. The van der Waals surface area contributed by atoms with Gasteiger partial charge in [0.05, 0.1) is 10.6 Å². The van der Waals surface area contributed by atoms with Crippen molar-refractivity contribution < 1.29 is 14.5 Å². The number of rotatable bonds is 6. The van der Waals surface area contributed by atoms with Gasteiger partial charge in [0, 0.05) is 10.5 Å². The Kier molecular flexibility index (Phi) is 6.24. The van der Waals surface area contributed by atoms with Crippen molar-refractivity contribution in [1.82, 2.24) is 5.43 Å². The summed E-state index contributed by atoms with van der Waals surface area (Å²) in [5, 5.41) is 15.0. The number of halogens is 1. The SMILES string of the molecule is C/C(=N\NC(=O)COc1ccc(C)cc1[N+](=O)[O-])c1cccc(Br)c1. The van der Waals surface area contributed by atoms with Crippen LogP contribution in [-0.2, 0) is 4.79 Å². The molecule has 0 saturated carbocycles. The Morgan fingerprint density at radius 1 is 1.32 bits per heavy atom. The Balaban J connectivity index is 1.97. The van der Waals surface area contributed by atoms with E-state index in [0.29, 0.717) is 5.71 Å². The number of nitro benzene ring substituents is 1. The zero-order valence-corrected chi connectivity index (χ0v) is 15.2. The molecule has 0 fully saturated rings. The molecule has 0 aliphatic carbocycles. The van der Waals surface area contributed by atoms with Crippen LogP contribution in [0.2, 0.25) is 0 Å². The van der Waals surface area contributed by atoms with Gasteiger partial charge in [-0.05, 0) is 43.2 Å². The summed E-state index contributed by atoms with van der Waals surface area (Å²) in [7, 11) is 0. The Labute approximate surface area is 153 Å². The Hall–Kier alpha value is -2.74. The van der Waals surface area contributed by atoms with Gasteiger partial charge in [0.25, 0.3) is 5.91 Å². The third kappa shape index (κ3) is 5.39. The molecule has 0 aromatic heterocycles. The first-order valence-corrected chi connectivity index (χ1v) is 8.13. The number of nitrogens with zero attached hydrogens (tertiary/aromatic N) is 2. The molecule has 0 bridgehead atoms. The fraction of sp³-hybridized carbons (Fsp3) is 0.176. The first kappa shape index (κ1) is 18.6. The highest BCUT2D eigenvalue weighted by Gasteiger charge is 2.16. The minimum Gasteiger partial charge on any atom is -0.477 e. The molecule has 0 spiro atoms. The molecule has 0 radical (unpaired) electrons. The second-order valence-corrected chi connectivity index (χ2v) is 6.18. The van der Waals surface area contributed by atoms with Gasteiger partial charge < -0.3 is 4.74 Å². The van der Waals surface area contributed by atoms with Crippen molar-refractivity contribution in [3.05, 3.63) is 68.2 Å². The zero-order chi connectivity index (χ0) is 18.4. The highest BCUT2D eigenvalue weighted by Crippen LogP contribution is 2.27. The van der Waals surface area contributed by atoms with E-state index in [0.717, 1.165) is 15.6 Å². The molecule has 25 heavy (non-hydrogen) atoms. The van der Waals surface area contributed by atoms with Crippen molar-refractivity contribution in [1.29, 1.82) is 0 Å². The van der Waals surface area contributed by atoms with Crippen LogP contribution in [0, 0.1) is 17.0 Å². The first-order valence-electron chi connectivity index (χ1n) is 7.33. The van der Waals surface area contributed by atoms with Gasteiger partial charge >= 0.3 is 5.69 Å². The number of hydrogen-bond donors (Lipinski definition) is 1. The second-order valence-electron chi connectivity index (χ2n) is 5.26. The molecule has 0 atom stereocenters. The van der Waals surface area contributed by atoms with Gasteiger partial charge in [0.15, 0.2) is 12.4 Å². The normalized spacial score (nSPS) is 11.1. The van der Waals surface area contributed by atoms with E-state index in [1.54, 1.807) is 19.9 Å². The van der Waals surface area contributed by atoms with Crippen molar-refractivity contribution >= 4 is 33.2 Å². The predicted molar refractivity (Wildman–Crippen MR) is 97.8 cm³/mol. The number of hydrazone groups is 1. The largest absolute Gasteiger partial charge is 0.477 e. The van der Waals surface area contributed by atoms with Crippen LogP contribution < -0.4 is 10.2 Å². The van der Waals surface area contributed by atoms with Gasteiger partial charge in [0.1, 0.15) is 0 Å². The summed E-state index contributed by atoms with van der Waals surface area (Å²) in [5.41, 5.74) is 4.40. The quantitative estimate of drug-likeness (QED) is 0.451. The van der Waals surface area contributed by atoms with E-state index in [2.05, 4.69) is 26.5 Å². The molecule has 2 aromatic carbocycles. The fourth-order valence-electron chi connectivity index (χ4n) is 1.99. The smallest absolute Gasteiger partial charge is 0.311 e. The molecule has 0 heterocycles. The van der Waals surface area contributed by atoms with E-state index in [-0.39, 0.29) is 18.0 Å². The molecule has 0 aliphatic heterocycles. The molecule has 7 nitrogen and oxygen atoms in total. The van der Waals surface area contributed by atoms with Crippen LogP contribution in [0.4, 0.5) is 5.69 Å². The molecule has 130 valence electrons. The number of amides is 1. The minimum absolute atomic E-state index is 0.0402. The van der Waals surface area contributed by atoms with E-state index in [9.17, 15) is 14.9 Å². The molecule has 2 rings (SSSR count). The molecule has 8 heteroatoms. The average molecular weight is 406 g/mol. The number of ether oxygens (including phenoxy) is 1. The van der Waals surface area contributed by atoms with Crippen molar-refractivity contribution in [3.8, 4) is 5.75 Å². The number of carbonyl (C=O) groups is 1. The number of nitro groups is 1. The van der Waals surface area contributed by atoms with Gasteiger partial charge in [0.2, 0.25) is 0 Å². The van der Waals surface area contributed by atoms with Crippen molar-refractivity contribution in [2.45, 2.75) is 13.8 Å². The van der Waals surface area contributed by atoms with E-state index < -0.39 is 10.8 Å². The minimum atomic E-state index is -0.546.